The maximum Gasteiger partial charge on any atom is 0.303 e. The predicted molar refractivity (Wildman–Crippen MR) is 148 cm³/mol. The first-order valence-corrected chi connectivity index (χ1v) is 14.2. The van der Waals surface area contributed by atoms with Gasteiger partial charge in [0.05, 0.1) is 12.6 Å². The molecule has 4 rings (SSSR count). The number of aromatic nitrogens is 1. The lowest BCUT2D eigenvalue weighted by molar-refractivity contribution is -0.137. The number of methoxy groups -OCH3 is 1. The minimum atomic E-state index is -1.09. The molecule has 0 bridgehead atoms. The highest BCUT2D eigenvalue weighted by atomic mass is 32.2. The summed E-state index contributed by atoms with van der Waals surface area (Å²) in [6.45, 7) is 2.92. The number of carboxylic acid groups (broad SMARTS) is 1. The van der Waals surface area contributed by atoms with Gasteiger partial charge in [0.25, 0.3) is 0 Å². The molecular weight excluding hydrogens is 487 g/mol. The molecule has 1 N–H and O–H groups in total. The maximum absolute atomic E-state index is 15.5. The van der Waals surface area contributed by atoms with Crippen molar-refractivity contribution in [3.05, 3.63) is 66.4 Å². The van der Waals surface area contributed by atoms with Crippen LogP contribution >= 0.6 is 11.8 Å². The number of fused-ring (bicyclic) bond motifs is 1. The Morgan fingerprint density at radius 1 is 1.19 bits per heavy atom. The van der Waals surface area contributed by atoms with Gasteiger partial charge in [-0.1, -0.05) is 18.2 Å². The lowest BCUT2D eigenvalue weighted by Crippen LogP contribution is -2.41. The maximum atomic E-state index is 15.5. The Labute approximate surface area is 223 Å². The predicted octanol–water partition coefficient (Wildman–Crippen LogP) is 7.02. The van der Waals surface area contributed by atoms with Crippen molar-refractivity contribution in [2.45, 2.75) is 49.6 Å². The molecule has 7 heteroatoms. The van der Waals surface area contributed by atoms with Gasteiger partial charge in [0.1, 0.15) is 11.9 Å². The van der Waals surface area contributed by atoms with E-state index in [0.29, 0.717) is 30.1 Å². The van der Waals surface area contributed by atoms with Crippen molar-refractivity contribution in [3.63, 3.8) is 0 Å². The lowest BCUT2D eigenvalue weighted by Gasteiger charge is -2.39. The van der Waals surface area contributed by atoms with Crippen molar-refractivity contribution in [2.24, 2.45) is 11.8 Å². The highest BCUT2D eigenvalue weighted by Crippen LogP contribution is 2.36. The van der Waals surface area contributed by atoms with Gasteiger partial charge >= 0.3 is 5.97 Å². The van der Waals surface area contributed by atoms with E-state index in [1.807, 2.05) is 36.0 Å². The molecular formula is C30H37FN2O3S. The van der Waals surface area contributed by atoms with Crippen LogP contribution in [-0.4, -0.2) is 53.5 Å². The summed E-state index contributed by atoms with van der Waals surface area (Å²) in [6, 6.07) is 17.8. The van der Waals surface area contributed by atoms with Crippen LogP contribution < -0.4 is 4.74 Å². The number of benzene rings is 2. The highest BCUT2D eigenvalue weighted by molar-refractivity contribution is 7.99. The van der Waals surface area contributed by atoms with Crippen LogP contribution in [0.4, 0.5) is 4.39 Å². The standard InChI is InChI=1S/C30H37FN2O3S/c1-36-24-10-12-29-27(20-24)26(14-16-32-29)28(31)11-8-22-15-18-33(21-23(22)9-13-30(34)35)17-5-19-37-25-6-3-2-4-7-25/h2-4,6-7,10,12,14,16,20,22-23,28H,5,8-9,11,13,15,17-19,21H2,1H3,(H,34,35)/t22?,23?,28-/m0/s1. The van der Waals surface area contributed by atoms with Crippen molar-refractivity contribution >= 4 is 28.6 Å². The number of aliphatic carboxylic acids is 1. The van der Waals surface area contributed by atoms with Gasteiger partial charge in [-0.2, -0.15) is 0 Å². The fourth-order valence-corrected chi connectivity index (χ4v) is 6.29. The van der Waals surface area contributed by atoms with Gasteiger partial charge in [-0.05, 0) is 105 Å². The summed E-state index contributed by atoms with van der Waals surface area (Å²) in [6.07, 6.45) is 4.69. The van der Waals surface area contributed by atoms with E-state index in [1.54, 1.807) is 19.4 Å². The number of hydrogen-bond acceptors (Lipinski definition) is 5. The number of carboxylic acids is 1. The fraction of sp³-hybridized carbons (Fsp3) is 0.467. The molecule has 2 unspecified atom stereocenters. The molecule has 1 aliphatic heterocycles. The number of carbonyl (C=O) groups is 1. The molecule has 0 radical (unpaired) electrons. The summed E-state index contributed by atoms with van der Waals surface area (Å²) in [5, 5.41) is 10.1. The molecule has 0 aliphatic carbocycles. The second-order valence-electron chi connectivity index (χ2n) is 9.89. The number of pyridine rings is 1. The largest absolute Gasteiger partial charge is 0.497 e. The van der Waals surface area contributed by atoms with Crippen LogP contribution in [0.3, 0.4) is 0 Å². The van der Waals surface area contributed by atoms with E-state index in [2.05, 4.69) is 34.1 Å². The molecule has 37 heavy (non-hydrogen) atoms. The molecule has 198 valence electrons. The van der Waals surface area contributed by atoms with Crippen LogP contribution in [0, 0.1) is 11.8 Å². The third-order valence-electron chi connectivity index (χ3n) is 7.45. The second-order valence-corrected chi connectivity index (χ2v) is 11.1. The van der Waals surface area contributed by atoms with E-state index >= 15 is 4.39 Å². The first-order chi connectivity index (χ1) is 18.0. The minimum absolute atomic E-state index is 0.173. The number of hydrogen-bond donors (Lipinski definition) is 1. The summed E-state index contributed by atoms with van der Waals surface area (Å²) >= 11 is 1.88. The summed E-state index contributed by atoms with van der Waals surface area (Å²) in [5.41, 5.74) is 1.42. The third kappa shape index (κ3) is 7.92. The number of thioether (sulfide) groups is 1. The average molecular weight is 525 g/mol. The minimum Gasteiger partial charge on any atom is -0.497 e. The van der Waals surface area contributed by atoms with Crippen molar-refractivity contribution in [1.29, 1.82) is 0 Å². The molecule has 0 spiro atoms. The zero-order valence-corrected chi connectivity index (χ0v) is 22.3. The van der Waals surface area contributed by atoms with E-state index in [4.69, 9.17) is 4.74 Å². The first-order valence-electron chi connectivity index (χ1n) is 13.2. The van der Waals surface area contributed by atoms with Crippen LogP contribution in [0.2, 0.25) is 0 Å². The molecule has 1 fully saturated rings. The number of likely N-dealkylation sites (tertiary alicyclic amines) is 1. The normalized spacial score (nSPS) is 19.1. The van der Waals surface area contributed by atoms with Crippen molar-refractivity contribution in [1.82, 2.24) is 9.88 Å². The van der Waals surface area contributed by atoms with Gasteiger partial charge in [0.15, 0.2) is 0 Å². The Kier molecular flexibility index (Phi) is 10.2. The fourth-order valence-electron chi connectivity index (χ4n) is 5.43. The Hall–Kier alpha value is -2.64. The molecule has 1 aromatic heterocycles. The zero-order valence-electron chi connectivity index (χ0n) is 21.5. The van der Waals surface area contributed by atoms with Crippen LogP contribution in [0.1, 0.15) is 50.3 Å². The summed E-state index contributed by atoms with van der Waals surface area (Å²) < 4.78 is 20.9. The highest BCUT2D eigenvalue weighted by Gasteiger charge is 2.30. The molecule has 3 atom stereocenters. The zero-order chi connectivity index (χ0) is 26.0. The van der Waals surface area contributed by atoms with E-state index in [1.165, 1.54) is 4.90 Å². The molecule has 2 aromatic carbocycles. The quantitative estimate of drug-likeness (QED) is 0.192. The molecule has 1 saturated heterocycles. The Morgan fingerprint density at radius 3 is 2.81 bits per heavy atom. The Morgan fingerprint density at radius 2 is 2.03 bits per heavy atom. The van der Waals surface area contributed by atoms with E-state index < -0.39 is 12.1 Å². The topological polar surface area (TPSA) is 62.7 Å². The number of rotatable bonds is 13. The Bertz CT molecular complexity index is 1150. The Balaban J connectivity index is 1.32. The second kappa shape index (κ2) is 13.8. The van der Waals surface area contributed by atoms with Crippen molar-refractivity contribution < 1.29 is 19.0 Å². The van der Waals surface area contributed by atoms with Gasteiger partial charge in [-0.25, -0.2) is 4.39 Å². The number of nitrogens with zero attached hydrogens (tertiary/aromatic N) is 2. The third-order valence-corrected chi connectivity index (χ3v) is 8.54. The smallest absolute Gasteiger partial charge is 0.303 e. The van der Waals surface area contributed by atoms with Crippen molar-refractivity contribution in [2.75, 3.05) is 32.5 Å². The van der Waals surface area contributed by atoms with Gasteiger partial charge in [0, 0.05) is 29.4 Å². The van der Waals surface area contributed by atoms with E-state index in [9.17, 15) is 9.90 Å². The average Bonchev–Trinajstić information content (AvgIpc) is 2.93. The van der Waals surface area contributed by atoms with Gasteiger partial charge in [0.2, 0.25) is 0 Å². The SMILES string of the molecule is COc1ccc2nccc([C@@H](F)CCC3CCN(CCCSc4ccccc4)CC3CCC(=O)O)c2c1. The monoisotopic (exact) mass is 524 g/mol. The summed E-state index contributed by atoms with van der Waals surface area (Å²) in [4.78, 5) is 19.5. The van der Waals surface area contributed by atoms with Crippen LogP contribution in [0.5, 0.6) is 5.75 Å². The molecule has 3 aromatic rings. The van der Waals surface area contributed by atoms with Crippen LogP contribution in [-0.2, 0) is 4.79 Å². The van der Waals surface area contributed by atoms with Gasteiger partial charge in [-0.15, -0.1) is 11.8 Å². The summed E-state index contributed by atoms with van der Waals surface area (Å²) in [5.74, 6) is 1.63. The molecule has 0 amide bonds. The molecule has 0 saturated carbocycles. The molecule has 2 heterocycles. The van der Waals surface area contributed by atoms with Gasteiger partial charge in [-0.3, -0.25) is 9.78 Å². The number of ether oxygens (including phenoxy) is 1. The van der Waals surface area contributed by atoms with Crippen LogP contribution in [0.15, 0.2) is 65.7 Å². The molecule has 5 nitrogen and oxygen atoms in total. The lowest BCUT2D eigenvalue weighted by atomic mass is 9.79. The van der Waals surface area contributed by atoms with E-state index in [0.717, 1.165) is 55.6 Å². The number of alkyl halides is 1. The number of piperidine rings is 1. The van der Waals surface area contributed by atoms with Crippen molar-refractivity contribution in [3.8, 4) is 5.75 Å². The van der Waals surface area contributed by atoms with E-state index in [-0.39, 0.29) is 12.3 Å². The van der Waals surface area contributed by atoms with Gasteiger partial charge < -0.3 is 14.7 Å². The number of halogens is 1. The summed E-state index contributed by atoms with van der Waals surface area (Å²) in [7, 11) is 1.61. The molecule has 1 aliphatic rings. The van der Waals surface area contributed by atoms with Crippen LogP contribution in [0.25, 0.3) is 10.9 Å². The first kappa shape index (κ1) is 27.4.